The lowest BCUT2D eigenvalue weighted by molar-refractivity contribution is -0.129. The summed E-state index contributed by atoms with van der Waals surface area (Å²) in [7, 11) is 3.14. The summed E-state index contributed by atoms with van der Waals surface area (Å²) in [4.78, 5) is 25.9. The SMILES string of the molecule is COc1ccc(CN(CCNC(=O)c2ccccc2OC)C(C)=O)cc1. The van der Waals surface area contributed by atoms with E-state index in [2.05, 4.69) is 5.32 Å². The van der Waals surface area contributed by atoms with Gasteiger partial charge in [-0.15, -0.1) is 0 Å². The van der Waals surface area contributed by atoms with E-state index in [0.29, 0.717) is 30.9 Å². The molecule has 1 N–H and O–H groups in total. The van der Waals surface area contributed by atoms with Crippen molar-refractivity contribution >= 4 is 11.8 Å². The number of nitrogens with one attached hydrogen (secondary N) is 1. The van der Waals surface area contributed by atoms with Crippen molar-refractivity contribution in [2.45, 2.75) is 13.5 Å². The Morgan fingerprint density at radius 3 is 2.31 bits per heavy atom. The first-order chi connectivity index (χ1) is 12.5. The van der Waals surface area contributed by atoms with Gasteiger partial charge in [0.05, 0.1) is 19.8 Å². The van der Waals surface area contributed by atoms with Crippen molar-refractivity contribution in [3.63, 3.8) is 0 Å². The topological polar surface area (TPSA) is 67.9 Å². The van der Waals surface area contributed by atoms with Crippen LogP contribution in [0.4, 0.5) is 0 Å². The first kappa shape index (κ1) is 19.3. The second-order valence-corrected chi connectivity index (χ2v) is 5.74. The first-order valence-electron chi connectivity index (χ1n) is 8.34. The van der Waals surface area contributed by atoms with Crippen molar-refractivity contribution in [2.75, 3.05) is 27.3 Å². The van der Waals surface area contributed by atoms with E-state index >= 15 is 0 Å². The Kier molecular flexibility index (Phi) is 7.02. The van der Waals surface area contributed by atoms with Gasteiger partial charge in [-0.3, -0.25) is 9.59 Å². The zero-order valence-corrected chi connectivity index (χ0v) is 15.3. The molecular formula is C20H24N2O4. The fourth-order valence-corrected chi connectivity index (χ4v) is 2.53. The predicted molar refractivity (Wildman–Crippen MR) is 99.4 cm³/mol. The van der Waals surface area contributed by atoms with E-state index < -0.39 is 0 Å². The highest BCUT2D eigenvalue weighted by atomic mass is 16.5. The number of rotatable bonds is 8. The standard InChI is InChI=1S/C20H24N2O4/c1-15(23)22(14-16-8-10-17(25-2)11-9-16)13-12-21-20(24)18-6-4-5-7-19(18)26-3/h4-11H,12-14H2,1-3H3,(H,21,24). The molecule has 2 aromatic carbocycles. The lowest BCUT2D eigenvalue weighted by Gasteiger charge is -2.21. The second kappa shape index (κ2) is 9.46. The van der Waals surface area contributed by atoms with Crippen molar-refractivity contribution in [3.8, 4) is 11.5 Å². The molecule has 2 amide bonds. The third-order valence-corrected chi connectivity index (χ3v) is 4.00. The molecular weight excluding hydrogens is 332 g/mol. The molecule has 6 nitrogen and oxygen atoms in total. The molecule has 138 valence electrons. The Labute approximate surface area is 153 Å². The molecule has 0 radical (unpaired) electrons. The summed E-state index contributed by atoms with van der Waals surface area (Å²) in [5, 5.41) is 2.83. The Balaban J connectivity index is 1.91. The van der Waals surface area contributed by atoms with Gasteiger partial charge in [0.2, 0.25) is 5.91 Å². The molecule has 0 saturated carbocycles. The van der Waals surface area contributed by atoms with Crippen LogP contribution >= 0.6 is 0 Å². The molecule has 0 aromatic heterocycles. The number of nitrogens with zero attached hydrogens (tertiary/aromatic N) is 1. The van der Waals surface area contributed by atoms with Crippen molar-refractivity contribution in [2.24, 2.45) is 0 Å². The largest absolute Gasteiger partial charge is 0.497 e. The van der Waals surface area contributed by atoms with Gasteiger partial charge in [-0.05, 0) is 29.8 Å². The maximum absolute atomic E-state index is 12.3. The Morgan fingerprint density at radius 2 is 1.69 bits per heavy atom. The molecule has 2 aromatic rings. The summed E-state index contributed by atoms with van der Waals surface area (Å²) >= 11 is 0. The lowest BCUT2D eigenvalue weighted by Crippen LogP contribution is -2.37. The van der Waals surface area contributed by atoms with Gasteiger partial charge < -0.3 is 19.7 Å². The summed E-state index contributed by atoms with van der Waals surface area (Å²) in [6.45, 7) is 2.77. The zero-order valence-electron chi connectivity index (χ0n) is 15.3. The molecule has 0 unspecified atom stereocenters. The number of benzene rings is 2. The minimum Gasteiger partial charge on any atom is -0.497 e. The van der Waals surface area contributed by atoms with E-state index in [1.54, 1.807) is 30.2 Å². The first-order valence-corrected chi connectivity index (χ1v) is 8.34. The van der Waals surface area contributed by atoms with Crippen LogP contribution in [0, 0.1) is 0 Å². The highest BCUT2D eigenvalue weighted by molar-refractivity contribution is 5.96. The van der Waals surface area contributed by atoms with E-state index in [0.717, 1.165) is 11.3 Å². The van der Waals surface area contributed by atoms with Crippen LogP contribution in [-0.4, -0.2) is 44.0 Å². The quantitative estimate of drug-likeness (QED) is 0.789. The molecule has 6 heteroatoms. The minimum absolute atomic E-state index is 0.0487. The second-order valence-electron chi connectivity index (χ2n) is 5.74. The summed E-state index contributed by atoms with van der Waals surface area (Å²) in [5.41, 5.74) is 1.47. The number of amides is 2. The van der Waals surface area contributed by atoms with Gasteiger partial charge >= 0.3 is 0 Å². The summed E-state index contributed by atoms with van der Waals surface area (Å²) < 4.78 is 10.3. The molecule has 26 heavy (non-hydrogen) atoms. The number of hydrogen-bond donors (Lipinski definition) is 1. The average molecular weight is 356 g/mol. The Bertz CT molecular complexity index is 744. The number of ether oxygens (including phenoxy) is 2. The zero-order chi connectivity index (χ0) is 18.9. The van der Waals surface area contributed by atoms with E-state index in [-0.39, 0.29) is 11.8 Å². The van der Waals surface area contributed by atoms with Gasteiger partial charge in [0.25, 0.3) is 5.91 Å². The maximum Gasteiger partial charge on any atom is 0.255 e. The molecule has 0 aliphatic heterocycles. The highest BCUT2D eigenvalue weighted by Gasteiger charge is 2.13. The van der Waals surface area contributed by atoms with E-state index in [4.69, 9.17) is 9.47 Å². The van der Waals surface area contributed by atoms with Crippen LogP contribution in [0.3, 0.4) is 0 Å². The van der Waals surface area contributed by atoms with Gasteiger partial charge in [-0.25, -0.2) is 0 Å². The van der Waals surface area contributed by atoms with Gasteiger partial charge in [0.1, 0.15) is 11.5 Å². The van der Waals surface area contributed by atoms with Crippen molar-refractivity contribution < 1.29 is 19.1 Å². The fourth-order valence-electron chi connectivity index (χ4n) is 2.53. The van der Waals surface area contributed by atoms with Crippen LogP contribution in [0.1, 0.15) is 22.8 Å². The van der Waals surface area contributed by atoms with Gasteiger partial charge in [0.15, 0.2) is 0 Å². The monoisotopic (exact) mass is 356 g/mol. The molecule has 0 atom stereocenters. The van der Waals surface area contributed by atoms with Gasteiger partial charge in [0, 0.05) is 26.6 Å². The highest BCUT2D eigenvalue weighted by Crippen LogP contribution is 2.17. The summed E-state index contributed by atoms with van der Waals surface area (Å²) in [6, 6.07) is 14.6. The third-order valence-electron chi connectivity index (χ3n) is 4.00. The van der Waals surface area contributed by atoms with Crippen molar-refractivity contribution in [1.82, 2.24) is 10.2 Å². The van der Waals surface area contributed by atoms with Crippen LogP contribution in [0.25, 0.3) is 0 Å². The lowest BCUT2D eigenvalue weighted by atomic mass is 10.2. The molecule has 0 fully saturated rings. The third kappa shape index (κ3) is 5.24. The van der Waals surface area contributed by atoms with Crippen LogP contribution in [0.2, 0.25) is 0 Å². The smallest absolute Gasteiger partial charge is 0.255 e. The predicted octanol–water partition coefficient (Wildman–Crippen LogP) is 2.48. The summed E-state index contributed by atoms with van der Waals surface area (Å²) in [6.07, 6.45) is 0. The van der Waals surface area contributed by atoms with E-state index in [1.807, 2.05) is 30.3 Å². The van der Waals surface area contributed by atoms with Crippen molar-refractivity contribution in [3.05, 3.63) is 59.7 Å². The molecule has 0 saturated heterocycles. The van der Waals surface area contributed by atoms with Crippen LogP contribution < -0.4 is 14.8 Å². The average Bonchev–Trinajstić information content (AvgIpc) is 2.67. The number of carbonyl (C=O) groups excluding carboxylic acids is 2. The number of hydrogen-bond acceptors (Lipinski definition) is 4. The Hall–Kier alpha value is -3.02. The van der Waals surface area contributed by atoms with Crippen LogP contribution in [0.15, 0.2) is 48.5 Å². The molecule has 0 heterocycles. The van der Waals surface area contributed by atoms with Crippen LogP contribution in [-0.2, 0) is 11.3 Å². The maximum atomic E-state index is 12.3. The number of para-hydroxylation sites is 1. The molecule has 0 bridgehead atoms. The fraction of sp³-hybridized carbons (Fsp3) is 0.300. The van der Waals surface area contributed by atoms with Crippen LogP contribution in [0.5, 0.6) is 11.5 Å². The normalized spacial score (nSPS) is 10.1. The van der Waals surface area contributed by atoms with Crippen molar-refractivity contribution in [1.29, 1.82) is 0 Å². The van der Waals surface area contributed by atoms with Gasteiger partial charge in [-0.2, -0.15) is 0 Å². The minimum atomic E-state index is -0.226. The number of carbonyl (C=O) groups is 2. The molecule has 0 spiro atoms. The molecule has 0 aliphatic rings. The molecule has 2 rings (SSSR count). The van der Waals surface area contributed by atoms with Gasteiger partial charge in [-0.1, -0.05) is 24.3 Å². The van der Waals surface area contributed by atoms with E-state index in [1.165, 1.54) is 14.0 Å². The van der Waals surface area contributed by atoms with E-state index in [9.17, 15) is 9.59 Å². The Morgan fingerprint density at radius 1 is 1.00 bits per heavy atom. The molecule has 0 aliphatic carbocycles. The summed E-state index contributed by atoms with van der Waals surface area (Å²) in [5.74, 6) is 1.02. The number of methoxy groups -OCH3 is 2.